The minimum absolute atomic E-state index is 0.0252. The smallest absolute Gasteiger partial charge is 0.224 e. The highest BCUT2D eigenvalue weighted by Gasteiger charge is 2.24. The van der Waals surface area contributed by atoms with Crippen LogP contribution in [0.1, 0.15) is 30.4 Å². The second kappa shape index (κ2) is 5.08. The molecule has 1 aliphatic rings. The summed E-state index contributed by atoms with van der Waals surface area (Å²) in [5, 5.41) is 14.5. The van der Waals surface area contributed by atoms with Gasteiger partial charge in [0.1, 0.15) is 0 Å². The van der Waals surface area contributed by atoms with Crippen molar-refractivity contribution >= 4 is 17.4 Å². The van der Waals surface area contributed by atoms with Gasteiger partial charge in [0.25, 0.3) is 0 Å². The topological polar surface area (TPSA) is 87.7 Å². The summed E-state index contributed by atoms with van der Waals surface area (Å²) < 4.78 is 0. The van der Waals surface area contributed by atoms with Crippen molar-refractivity contribution in [1.82, 2.24) is 0 Å². The molecule has 0 radical (unpaired) electrons. The molecule has 0 aliphatic heterocycles. The van der Waals surface area contributed by atoms with Gasteiger partial charge in [-0.15, -0.1) is 0 Å². The van der Waals surface area contributed by atoms with Gasteiger partial charge in [0.05, 0.1) is 0 Å². The molecule has 1 aliphatic carbocycles. The van der Waals surface area contributed by atoms with Crippen LogP contribution in [0.5, 0.6) is 0 Å². The number of nitrogens with zero attached hydrogens (tertiary/aromatic N) is 1. The Hall–Kier alpha value is -2.04. The lowest BCUT2D eigenvalue weighted by Gasteiger charge is -2.10. The van der Waals surface area contributed by atoms with Crippen molar-refractivity contribution in [3.05, 3.63) is 29.3 Å². The fourth-order valence-electron chi connectivity index (χ4n) is 1.76. The molecule has 1 fully saturated rings. The second-order valence-corrected chi connectivity index (χ2v) is 4.71. The molecule has 0 spiro atoms. The average Bonchev–Trinajstić information content (AvgIpc) is 3.14. The number of carbonyl (C=O) groups excluding carboxylic acids is 1. The Bertz CT molecular complexity index is 493. The highest BCUT2D eigenvalue weighted by molar-refractivity contribution is 5.99. The summed E-state index contributed by atoms with van der Waals surface area (Å²) in [5.41, 5.74) is 7.78. The number of hydrogen-bond acceptors (Lipinski definition) is 3. The molecule has 0 atom stereocenters. The summed E-state index contributed by atoms with van der Waals surface area (Å²) in [5.74, 6) is 0.613. The number of nitrogens with one attached hydrogen (secondary N) is 1. The highest BCUT2D eigenvalue weighted by Crippen LogP contribution is 2.32. The van der Waals surface area contributed by atoms with Crippen molar-refractivity contribution < 1.29 is 10.0 Å². The van der Waals surface area contributed by atoms with E-state index in [0.29, 0.717) is 23.6 Å². The number of aryl methyl sites for hydroxylation is 1. The molecule has 4 N–H and O–H groups in total. The molecule has 0 saturated heterocycles. The van der Waals surface area contributed by atoms with Gasteiger partial charge in [-0.2, -0.15) is 0 Å². The van der Waals surface area contributed by atoms with Gasteiger partial charge in [-0.1, -0.05) is 17.3 Å². The number of amidine groups is 1. The van der Waals surface area contributed by atoms with E-state index in [1.54, 1.807) is 12.1 Å². The monoisotopic (exact) mass is 247 g/mol. The molecule has 1 amide bonds. The third kappa shape index (κ3) is 3.00. The van der Waals surface area contributed by atoms with E-state index in [1.807, 2.05) is 13.0 Å². The number of carbonyl (C=O) groups is 1. The molecule has 0 aromatic heterocycles. The predicted molar refractivity (Wildman–Crippen MR) is 69.7 cm³/mol. The first-order valence-electron chi connectivity index (χ1n) is 5.98. The molecule has 0 bridgehead atoms. The lowest BCUT2D eigenvalue weighted by atomic mass is 10.1. The third-order valence-electron chi connectivity index (χ3n) is 3.09. The van der Waals surface area contributed by atoms with E-state index in [-0.39, 0.29) is 11.7 Å². The normalized spacial score (nSPS) is 15.5. The van der Waals surface area contributed by atoms with Gasteiger partial charge >= 0.3 is 0 Å². The van der Waals surface area contributed by atoms with Gasteiger partial charge in [-0.25, -0.2) is 0 Å². The van der Waals surface area contributed by atoms with Crippen molar-refractivity contribution in [1.29, 1.82) is 0 Å². The van der Waals surface area contributed by atoms with Gasteiger partial charge in [-0.05, 0) is 37.3 Å². The van der Waals surface area contributed by atoms with Gasteiger partial charge in [-0.3, -0.25) is 4.79 Å². The molecule has 1 aromatic carbocycles. The highest BCUT2D eigenvalue weighted by atomic mass is 16.4. The Labute approximate surface area is 106 Å². The van der Waals surface area contributed by atoms with E-state index in [1.165, 1.54) is 0 Å². The van der Waals surface area contributed by atoms with Crippen LogP contribution in [0.2, 0.25) is 0 Å². The van der Waals surface area contributed by atoms with Crippen molar-refractivity contribution in [2.75, 3.05) is 5.32 Å². The first-order chi connectivity index (χ1) is 8.60. The van der Waals surface area contributed by atoms with Crippen molar-refractivity contribution in [3.8, 4) is 0 Å². The molecular formula is C13H17N3O2. The number of hydrogen-bond donors (Lipinski definition) is 3. The summed E-state index contributed by atoms with van der Waals surface area (Å²) in [6, 6.07) is 5.30. The molecule has 96 valence electrons. The van der Waals surface area contributed by atoms with Crippen LogP contribution in [0.25, 0.3) is 0 Å². The van der Waals surface area contributed by atoms with Crippen LogP contribution in [-0.4, -0.2) is 17.0 Å². The quantitative estimate of drug-likeness (QED) is 0.328. The zero-order valence-corrected chi connectivity index (χ0v) is 10.3. The fraction of sp³-hybridized carbons (Fsp3) is 0.385. The van der Waals surface area contributed by atoms with Crippen LogP contribution >= 0.6 is 0 Å². The van der Waals surface area contributed by atoms with Crippen LogP contribution in [0.3, 0.4) is 0 Å². The maximum Gasteiger partial charge on any atom is 0.224 e. The van der Waals surface area contributed by atoms with E-state index in [2.05, 4.69) is 10.5 Å². The van der Waals surface area contributed by atoms with E-state index < -0.39 is 0 Å². The van der Waals surface area contributed by atoms with Crippen LogP contribution in [0.4, 0.5) is 5.69 Å². The number of anilines is 1. The summed E-state index contributed by atoms with van der Waals surface area (Å²) >= 11 is 0. The van der Waals surface area contributed by atoms with E-state index in [9.17, 15) is 4.79 Å². The molecule has 0 unspecified atom stereocenters. The summed E-state index contributed by atoms with van der Waals surface area (Å²) in [4.78, 5) is 11.7. The van der Waals surface area contributed by atoms with Gasteiger partial charge in [0.15, 0.2) is 5.84 Å². The lowest BCUT2D eigenvalue weighted by molar-refractivity contribution is -0.116. The average molecular weight is 247 g/mol. The van der Waals surface area contributed by atoms with Crippen molar-refractivity contribution in [2.45, 2.75) is 26.2 Å². The Morgan fingerprint density at radius 3 is 2.89 bits per heavy atom. The maximum absolute atomic E-state index is 11.7. The van der Waals surface area contributed by atoms with E-state index >= 15 is 0 Å². The number of benzene rings is 1. The SMILES string of the molecule is Cc1ccc(C(N)=NO)cc1NC(=O)CC1CC1. The molecular weight excluding hydrogens is 230 g/mol. The van der Waals surface area contributed by atoms with E-state index in [4.69, 9.17) is 10.9 Å². The van der Waals surface area contributed by atoms with Crippen molar-refractivity contribution in [3.63, 3.8) is 0 Å². The standard InChI is InChI=1S/C13H17N3O2/c1-8-2-5-10(13(14)16-18)7-11(8)15-12(17)6-9-3-4-9/h2,5,7,9,18H,3-4,6H2,1H3,(H2,14,16)(H,15,17). The molecule has 1 aromatic rings. The largest absolute Gasteiger partial charge is 0.409 e. The van der Waals surface area contributed by atoms with Crippen LogP contribution in [-0.2, 0) is 4.79 Å². The minimum atomic E-state index is 0.0252. The number of amides is 1. The van der Waals surface area contributed by atoms with Crippen LogP contribution < -0.4 is 11.1 Å². The molecule has 0 heterocycles. The molecule has 5 heteroatoms. The zero-order chi connectivity index (χ0) is 13.1. The van der Waals surface area contributed by atoms with E-state index in [0.717, 1.165) is 18.4 Å². The molecule has 1 saturated carbocycles. The first-order valence-corrected chi connectivity index (χ1v) is 5.98. The van der Waals surface area contributed by atoms with Gasteiger partial charge in [0.2, 0.25) is 5.91 Å². The van der Waals surface area contributed by atoms with Crippen LogP contribution in [0.15, 0.2) is 23.4 Å². The Balaban J connectivity index is 2.12. The minimum Gasteiger partial charge on any atom is -0.409 e. The molecule has 2 rings (SSSR count). The van der Waals surface area contributed by atoms with Gasteiger partial charge in [0, 0.05) is 17.7 Å². The summed E-state index contributed by atoms with van der Waals surface area (Å²) in [6.07, 6.45) is 2.88. The third-order valence-corrected chi connectivity index (χ3v) is 3.09. The Morgan fingerprint density at radius 2 is 2.28 bits per heavy atom. The number of rotatable bonds is 4. The Kier molecular flexibility index (Phi) is 3.50. The molecule has 5 nitrogen and oxygen atoms in total. The zero-order valence-electron chi connectivity index (χ0n) is 10.3. The summed E-state index contributed by atoms with van der Waals surface area (Å²) in [7, 11) is 0. The Morgan fingerprint density at radius 1 is 1.56 bits per heavy atom. The number of nitrogens with two attached hydrogens (primary N) is 1. The molecule has 18 heavy (non-hydrogen) atoms. The van der Waals surface area contributed by atoms with Crippen LogP contribution in [0, 0.1) is 12.8 Å². The first kappa shape index (κ1) is 12.4. The fourth-order valence-corrected chi connectivity index (χ4v) is 1.76. The van der Waals surface area contributed by atoms with Gasteiger partial charge < -0.3 is 16.3 Å². The predicted octanol–water partition coefficient (Wildman–Crippen LogP) is 1.83. The van der Waals surface area contributed by atoms with Crippen molar-refractivity contribution in [2.24, 2.45) is 16.8 Å². The number of oxime groups is 1. The lowest BCUT2D eigenvalue weighted by Crippen LogP contribution is -2.16. The maximum atomic E-state index is 11.7. The second-order valence-electron chi connectivity index (χ2n) is 4.71. The summed E-state index contributed by atoms with van der Waals surface area (Å²) in [6.45, 7) is 1.91.